The lowest BCUT2D eigenvalue weighted by Gasteiger charge is -2.37. The molecule has 3 fully saturated rings. The minimum atomic E-state index is -0.712. The Morgan fingerprint density at radius 1 is 1.21 bits per heavy atom. The summed E-state index contributed by atoms with van der Waals surface area (Å²) in [5.74, 6) is -1.31. The van der Waals surface area contributed by atoms with Gasteiger partial charge in [0, 0.05) is 18.3 Å². The standard InChI is InChI=1S/C25H35N3O4S/c1-15(2)12-17(14-29)28-20(22(31)27-13-16-8-6-5-7-9-16)25-11-10-24(3,33-25)18(21(30)26-4)19(25)23(28)32/h5-9,15,17-20,29H,10-14H2,1-4H3,(H,26,30)(H,27,31)/t17-,18+,19+,20?,24-,25?/m1/s1. The summed E-state index contributed by atoms with van der Waals surface area (Å²) in [5, 5.41) is 16.1. The molecule has 0 saturated carbocycles. The molecule has 8 heteroatoms. The number of amides is 3. The molecule has 3 heterocycles. The molecule has 3 aliphatic heterocycles. The van der Waals surface area contributed by atoms with Gasteiger partial charge in [0.1, 0.15) is 6.04 Å². The molecule has 0 aromatic heterocycles. The van der Waals surface area contributed by atoms with Gasteiger partial charge in [-0.3, -0.25) is 14.4 Å². The first-order chi connectivity index (χ1) is 15.7. The Morgan fingerprint density at radius 3 is 2.52 bits per heavy atom. The summed E-state index contributed by atoms with van der Waals surface area (Å²) in [4.78, 5) is 42.3. The van der Waals surface area contributed by atoms with Crippen LogP contribution in [0.2, 0.25) is 0 Å². The molecule has 3 saturated heterocycles. The molecule has 3 N–H and O–H groups in total. The normalized spacial score (nSPS) is 33.3. The molecule has 180 valence electrons. The SMILES string of the molecule is CNC(=O)[C@@H]1[C@H]2C(=O)N([C@@H](CO)CC(C)C)C(C(=O)NCc3ccccc3)C23CC[C@@]1(C)S3. The summed E-state index contributed by atoms with van der Waals surface area (Å²) in [6.45, 7) is 6.30. The number of thioether (sulfide) groups is 1. The van der Waals surface area contributed by atoms with Crippen molar-refractivity contribution >= 4 is 29.5 Å². The molecule has 7 nitrogen and oxygen atoms in total. The number of nitrogens with zero attached hydrogens (tertiary/aromatic N) is 1. The van der Waals surface area contributed by atoms with Gasteiger partial charge in [-0.1, -0.05) is 44.2 Å². The number of benzene rings is 1. The van der Waals surface area contributed by atoms with Crippen LogP contribution in [0.25, 0.3) is 0 Å². The smallest absolute Gasteiger partial charge is 0.244 e. The Kier molecular flexibility index (Phi) is 6.53. The Morgan fingerprint density at radius 2 is 1.91 bits per heavy atom. The van der Waals surface area contributed by atoms with Crippen LogP contribution in [0.1, 0.15) is 45.6 Å². The van der Waals surface area contributed by atoms with Crippen LogP contribution in [0.5, 0.6) is 0 Å². The number of likely N-dealkylation sites (tertiary alicyclic amines) is 1. The van der Waals surface area contributed by atoms with Gasteiger partial charge in [-0.2, -0.15) is 0 Å². The molecule has 1 spiro atoms. The number of nitrogens with one attached hydrogen (secondary N) is 2. The van der Waals surface area contributed by atoms with E-state index in [1.807, 2.05) is 44.2 Å². The Hall–Kier alpha value is -2.06. The van der Waals surface area contributed by atoms with Crippen LogP contribution >= 0.6 is 11.8 Å². The van der Waals surface area contributed by atoms with E-state index in [-0.39, 0.29) is 35.0 Å². The molecule has 3 aliphatic rings. The first-order valence-corrected chi connectivity index (χ1v) is 12.7. The second kappa shape index (κ2) is 8.95. The highest BCUT2D eigenvalue weighted by atomic mass is 32.2. The van der Waals surface area contributed by atoms with E-state index >= 15 is 0 Å². The Balaban J connectivity index is 1.72. The highest BCUT2D eigenvalue weighted by Gasteiger charge is 2.77. The van der Waals surface area contributed by atoms with Crippen LogP contribution in [-0.4, -0.2) is 63.0 Å². The average molecular weight is 474 g/mol. The highest BCUT2D eigenvalue weighted by Crippen LogP contribution is 2.71. The van der Waals surface area contributed by atoms with Gasteiger partial charge >= 0.3 is 0 Å². The third-order valence-corrected chi connectivity index (χ3v) is 9.63. The lowest BCUT2D eigenvalue weighted by atomic mass is 9.66. The molecule has 2 unspecified atom stereocenters. The van der Waals surface area contributed by atoms with Crippen molar-refractivity contribution < 1.29 is 19.5 Å². The molecule has 2 bridgehead atoms. The first-order valence-electron chi connectivity index (χ1n) is 11.8. The van der Waals surface area contributed by atoms with E-state index in [4.69, 9.17) is 0 Å². The fourth-order valence-corrected chi connectivity index (χ4v) is 8.66. The van der Waals surface area contributed by atoms with Crippen LogP contribution in [0.3, 0.4) is 0 Å². The predicted octanol–water partition coefficient (Wildman–Crippen LogP) is 1.94. The fourth-order valence-electron chi connectivity index (χ4n) is 6.31. The van der Waals surface area contributed by atoms with Crippen molar-refractivity contribution in [2.75, 3.05) is 13.7 Å². The van der Waals surface area contributed by atoms with Crippen molar-refractivity contribution in [3.63, 3.8) is 0 Å². The molecule has 6 atom stereocenters. The summed E-state index contributed by atoms with van der Waals surface area (Å²) in [6.07, 6.45) is 2.09. The molecule has 3 amide bonds. The maximum atomic E-state index is 14.0. The zero-order valence-corrected chi connectivity index (χ0v) is 20.7. The van der Waals surface area contributed by atoms with Gasteiger partial charge in [-0.05, 0) is 37.7 Å². The lowest BCUT2D eigenvalue weighted by Crippen LogP contribution is -2.56. The Labute approximate surface area is 200 Å². The van der Waals surface area contributed by atoms with Gasteiger partial charge in [0.25, 0.3) is 0 Å². The summed E-state index contributed by atoms with van der Waals surface area (Å²) >= 11 is 1.65. The van der Waals surface area contributed by atoms with Gasteiger partial charge in [-0.15, -0.1) is 11.8 Å². The number of hydrogen-bond acceptors (Lipinski definition) is 5. The van der Waals surface area contributed by atoms with Crippen molar-refractivity contribution in [1.82, 2.24) is 15.5 Å². The molecule has 4 rings (SSSR count). The van der Waals surface area contributed by atoms with Crippen LogP contribution in [0, 0.1) is 17.8 Å². The van der Waals surface area contributed by atoms with E-state index in [0.29, 0.717) is 19.4 Å². The number of fused-ring (bicyclic) bond motifs is 1. The first kappa shape index (κ1) is 24.1. The number of carbonyl (C=O) groups excluding carboxylic acids is 3. The third-order valence-electron chi connectivity index (χ3n) is 7.65. The van der Waals surface area contributed by atoms with Crippen molar-refractivity contribution in [2.45, 2.75) is 68.2 Å². The maximum absolute atomic E-state index is 14.0. The summed E-state index contributed by atoms with van der Waals surface area (Å²) in [6, 6.07) is 8.51. The molecule has 1 aromatic rings. The quantitative estimate of drug-likeness (QED) is 0.536. The monoisotopic (exact) mass is 473 g/mol. The minimum Gasteiger partial charge on any atom is -0.394 e. The van der Waals surface area contributed by atoms with E-state index in [0.717, 1.165) is 12.0 Å². The topological polar surface area (TPSA) is 98.7 Å². The predicted molar refractivity (Wildman–Crippen MR) is 128 cm³/mol. The molecule has 0 aliphatic carbocycles. The maximum Gasteiger partial charge on any atom is 0.244 e. The number of hydrogen-bond donors (Lipinski definition) is 3. The van der Waals surface area contributed by atoms with E-state index < -0.39 is 28.7 Å². The van der Waals surface area contributed by atoms with Crippen LogP contribution in [-0.2, 0) is 20.9 Å². The van der Waals surface area contributed by atoms with Gasteiger partial charge in [0.15, 0.2) is 0 Å². The second-order valence-corrected chi connectivity index (χ2v) is 12.2. The third kappa shape index (κ3) is 3.85. The van der Waals surface area contributed by atoms with Gasteiger partial charge in [-0.25, -0.2) is 0 Å². The average Bonchev–Trinajstić information content (AvgIpc) is 3.36. The highest BCUT2D eigenvalue weighted by molar-refractivity contribution is 8.02. The van der Waals surface area contributed by atoms with Crippen LogP contribution in [0.4, 0.5) is 0 Å². The molecular weight excluding hydrogens is 438 g/mol. The lowest BCUT2D eigenvalue weighted by molar-refractivity contribution is -0.143. The zero-order chi connectivity index (χ0) is 24.0. The van der Waals surface area contributed by atoms with Gasteiger partial charge < -0.3 is 20.6 Å². The van der Waals surface area contributed by atoms with E-state index in [1.54, 1.807) is 23.7 Å². The van der Waals surface area contributed by atoms with E-state index in [1.165, 1.54) is 0 Å². The van der Waals surface area contributed by atoms with Gasteiger partial charge in [0.05, 0.1) is 29.2 Å². The second-order valence-electron chi connectivity index (χ2n) is 10.3. The van der Waals surface area contributed by atoms with Crippen molar-refractivity contribution in [1.29, 1.82) is 0 Å². The molecular formula is C25H35N3O4S. The Bertz CT molecular complexity index is 925. The van der Waals surface area contributed by atoms with Crippen LogP contribution in [0.15, 0.2) is 30.3 Å². The van der Waals surface area contributed by atoms with Gasteiger partial charge in [0.2, 0.25) is 17.7 Å². The summed E-state index contributed by atoms with van der Waals surface area (Å²) in [5.41, 5.74) is 0.982. The minimum absolute atomic E-state index is 0.139. The summed E-state index contributed by atoms with van der Waals surface area (Å²) < 4.78 is -1.04. The van der Waals surface area contributed by atoms with Crippen LogP contribution < -0.4 is 10.6 Å². The van der Waals surface area contributed by atoms with E-state index in [2.05, 4.69) is 17.6 Å². The zero-order valence-electron chi connectivity index (χ0n) is 19.8. The van der Waals surface area contributed by atoms with Crippen molar-refractivity contribution in [2.24, 2.45) is 17.8 Å². The van der Waals surface area contributed by atoms with Crippen molar-refractivity contribution in [3.05, 3.63) is 35.9 Å². The molecule has 1 aromatic carbocycles. The van der Waals surface area contributed by atoms with Crippen molar-refractivity contribution in [3.8, 4) is 0 Å². The summed E-state index contributed by atoms with van der Waals surface area (Å²) in [7, 11) is 1.60. The number of aliphatic hydroxyl groups excluding tert-OH is 1. The number of rotatable bonds is 8. The fraction of sp³-hybridized carbons (Fsp3) is 0.640. The number of aliphatic hydroxyl groups is 1. The largest absolute Gasteiger partial charge is 0.394 e. The van der Waals surface area contributed by atoms with E-state index in [9.17, 15) is 19.5 Å². The number of carbonyl (C=O) groups is 3. The molecule has 0 radical (unpaired) electrons. The molecule has 33 heavy (non-hydrogen) atoms.